The van der Waals surface area contributed by atoms with Crippen LogP contribution in [0.1, 0.15) is 31.9 Å². The van der Waals surface area contributed by atoms with Crippen molar-refractivity contribution in [3.8, 4) is 0 Å². The zero-order chi connectivity index (χ0) is 19.0. The molecule has 0 heterocycles. The van der Waals surface area contributed by atoms with Crippen molar-refractivity contribution in [1.82, 2.24) is 21.3 Å². The summed E-state index contributed by atoms with van der Waals surface area (Å²) in [4.78, 5) is 24.8. The fraction of sp³-hybridized carbons (Fsp3) is 0.300. The zero-order valence-electron chi connectivity index (χ0n) is 15.5. The van der Waals surface area contributed by atoms with Crippen molar-refractivity contribution in [3.05, 3.63) is 71.8 Å². The summed E-state index contributed by atoms with van der Waals surface area (Å²) in [6, 6.07) is 18.8. The van der Waals surface area contributed by atoms with Gasteiger partial charge in [-0.25, -0.2) is 15.2 Å². The number of hydrazine groups is 2. The van der Waals surface area contributed by atoms with E-state index in [1.165, 1.54) is 5.01 Å². The molecule has 2 rings (SSSR count). The van der Waals surface area contributed by atoms with E-state index in [1.807, 2.05) is 60.7 Å². The molecule has 3 N–H and O–H groups in total. The van der Waals surface area contributed by atoms with Crippen molar-refractivity contribution in [2.24, 2.45) is 5.41 Å². The van der Waals surface area contributed by atoms with Gasteiger partial charge in [0.25, 0.3) is 0 Å². The average molecular weight is 354 g/mol. The molecule has 0 aliphatic heterocycles. The molecule has 0 aliphatic carbocycles. The van der Waals surface area contributed by atoms with Crippen LogP contribution in [-0.4, -0.2) is 16.9 Å². The van der Waals surface area contributed by atoms with Crippen LogP contribution in [0.5, 0.6) is 0 Å². The molecule has 0 aliphatic rings. The maximum Gasteiger partial charge on any atom is 0.350 e. The summed E-state index contributed by atoms with van der Waals surface area (Å²) in [7, 11) is 0. The Bertz CT molecular complexity index is 712. The monoisotopic (exact) mass is 354 g/mol. The highest BCUT2D eigenvalue weighted by molar-refractivity contribution is 5.84. The van der Waals surface area contributed by atoms with Gasteiger partial charge in [-0.05, 0) is 11.1 Å². The molecule has 0 saturated heterocycles. The van der Waals surface area contributed by atoms with E-state index in [2.05, 4.69) is 16.3 Å². The van der Waals surface area contributed by atoms with Crippen LogP contribution in [0, 0.1) is 5.41 Å². The fourth-order valence-electron chi connectivity index (χ4n) is 2.10. The minimum atomic E-state index is -0.604. The summed E-state index contributed by atoms with van der Waals surface area (Å²) in [5.41, 5.74) is 9.57. The lowest BCUT2D eigenvalue weighted by Gasteiger charge is -2.27. The van der Waals surface area contributed by atoms with Gasteiger partial charge in [0, 0.05) is 12.0 Å². The highest BCUT2D eigenvalue weighted by Crippen LogP contribution is 2.13. The first-order chi connectivity index (χ1) is 12.4. The van der Waals surface area contributed by atoms with Gasteiger partial charge in [-0.2, -0.15) is 0 Å². The second kappa shape index (κ2) is 9.01. The number of carbonyl (C=O) groups excluding carboxylic acids is 2. The molecular weight excluding hydrogens is 328 g/mol. The van der Waals surface area contributed by atoms with E-state index in [1.54, 1.807) is 20.8 Å². The molecule has 6 nitrogen and oxygen atoms in total. The first kappa shape index (κ1) is 19.5. The molecule has 26 heavy (non-hydrogen) atoms. The fourth-order valence-corrected chi connectivity index (χ4v) is 2.10. The third-order valence-corrected chi connectivity index (χ3v) is 3.68. The van der Waals surface area contributed by atoms with Gasteiger partial charge in [0.1, 0.15) is 0 Å². The lowest BCUT2D eigenvalue weighted by Crippen LogP contribution is -2.55. The molecule has 0 bridgehead atoms. The van der Waals surface area contributed by atoms with Crippen molar-refractivity contribution < 1.29 is 9.59 Å². The molecule has 0 saturated carbocycles. The molecule has 0 unspecified atom stereocenters. The molecule has 0 radical (unpaired) electrons. The number of carbonyl (C=O) groups is 2. The van der Waals surface area contributed by atoms with Crippen molar-refractivity contribution in [1.29, 1.82) is 0 Å². The lowest BCUT2D eigenvalue weighted by atomic mass is 9.96. The number of amides is 3. The Morgan fingerprint density at radius 1 is 0.885 bits per heavy atom. The molecule has 0 spiro atoms. The van der Waals surface area contributed by atoms with Crippen LogP contribution in [0.15, 0.2) is 60.7 Å². The van der Waals surface area contributed by atoms with E-state index in [-0.39, 0.29) is 12.5 Å². The molecule has 3 amide bonds. The summed E-state index contributed by atoms with van der Waals surface area (Å²) >= 11 is 0. The Kier molecular flexibility index (Phi) is 6.74. The zero-order valence-corrected chi connectivity index (χ0v) is 15.5. The van der Waals surface area contributed by atoms with Gasteiger partial charge in [0.05, 0.1) is 6.54 Å². The highest BCUT2D eigenvalue weighted by Gasteiger charge is 2.25. The van der Waals surface area contributed by atoms with E-state index in [9.17, 15) is 9.59 Å². The van der Waals surface area contributed by atoms with Gasteiger partial charge in [0.2, 0.25) is 5.91 Å². The normalized spacial score (nSPS) is 10.9. The number of urea groups is 1. The Hall–Kier alpha value is -2.86. The number of hydrogen-bond acceptors (Lipinski definition) is 3. The van der Waals surface area contributed by atoms with E-state index in [4.69, 9.17) is 0 Å². The molecular formula is C20H26N4O2. The van der Waals surface area contributed by atoms with Crippen LogP contribution in [0.4, 0.5) is 4.79 Å². The maximum absolute atomic E-state index is 12.5. The number of nitrogens with one attached hydrogen (secondary N) is 3. The summed E-state index contributed by atoms with van der Waals surface area (Å²) in [5, 5.41) is 1.28. The lowest BCUT2D eigenvalue weighted by molar-refractivity contribution is -0.132. The Labute approximate surface area is 154 Å². The summed E-state index contributed by atoms with van der Waals surface area (Å²) in [5.74, 6) is -0.230. The first-order valence-electron chi connectivity index (χ1n) is 8.55. The van der Waals surface area contributed by atoms with Crippen molar-refractivity contribution in [2.45, 2.75) is 33.9 Å². The summed E-state index contributed by atoms with van der Waals surface area (Å²) in [6.07, 6.45) is 0. The molecule has 6 heteroatoms. The predicted molar refractivity (Wildman–Crippen MR) is 101 cm³/mol. The molecule has 0 atom stereocenters. The van der Waals surface area contributed by atoms with E-state index in [0.717, 1.165) is 11.1 Å². The Morgan fingerprint density at radius 3 is 1.96 bits per heavy atom. The second-order valence-corrected chi connectivity index (χ2v) is 7.03. The van der Waals surface area contributed by atoms with Gasteiger partial charge in [-0.3, -0.25) is 15.6 Å². The first-order valence-corrected chi connectivity index (χ1v) is 8.55. The molecule has 2 aromatic rings. The topological polar surface area (TPSA) is 73.5 Å². The molecule has 2 aromatic carbocycles. The van der Waals surface area contributed by atoms with Crippen LogP contribution < -0.4 is 16.3 Å². The number of nitrogens with zero attached hydrogens (tertiary/aromatic N) is 1. The number of benzene rings is 2. The minimum absolute atomic E-state index is 0.230. The van der Waals surface area contributed by atoms with Crippen LogP contribution in [-0.2, 0) is 17.9 Å². The van der Waals surface area contributed by atoms with Crippen molar-refractivity contribution >= 4 is 11.9 Å². The van der Waals surface area contributed by atoms with E-state index >= 15 is 0 Å². The maximum atomic E-state index is 12.5. The van der Waals surface area contributed by atoms with Crippen LogP contribution >= 0.6 is 0 Å². The van der Waals surface area contributed by atoms with E-state index < -0.39 is 11.4 Å². The van der Waals surface area contributed by atoms with Gasteiger partial charge >= 0.3 is 6.03 Å². The van der Waals surface area contributed by atoms with Gasteiger partial charge in [-0.15, -0.1) is 0 Å². The predicted octanol–water partition coefficient (Wildman–Crippen LogP) is 2.98. The summed E-state index contributed by atoms with van der Waals surface area (Å²) in [6.45, 7) is 6.15. The molecule has 0 fully saturated rings. The standard InChI is InChI=1S/C20H26N4O2/c1-20(2,3)18(25)23-24(15-17-12-8-5-9-13-17)19(26)22-21-14-16-10-6-4-7-11-16/h4-13,21H,14-15H2,1-3H3,(H,22,26)(H,23,25). The highest BCUT2D eigenvalue weighted by atomic mass is 16.2. The van der Waals surface area contributed by atoms with Crippen LogP contribution in [0.3, 0.4) is 0 Å². The van der Waals surface area contributed by atoms with Crippen LogP contribution in [0.2, 0.25) is 0 Å². The van der Waals surface area contributed by atoms with Gasteiger partial charge < -0.3 is 0 Å². The second-order valence-electron chi connectivity index (χ2n) is 7.03. The number of hydrogen-bond donors (Lipinski definition) is 3. The number of rotatable bonds is 5. The smallest absolute Gasteiger partial charge is 0.273 e. The third kappa shape index (κ3) is 6.22. The largest absolute Gasteiger partial charge is 0.350 e. The SMILES string of the molecule is CC(C)(C)C(=O)NN(Cc1ccccc1)C(=O)NNCc1ccccc1. The molecule has 0 aromatic heterocycles. The minimum Gasteiger partial charge on any atom is -0.273 e. The quantitative estimate of drug-likeness (QED) is 0.723. The molecule has 138 valence electrons. The van der Waals surface area contributed by atoms with Crippen LogP contribution in [0.25, 0.3) is 0 Å². The third-order valence-electron chi connectivity index (χ3n) is 3.68. The van der Waals surface area contributed by atoms with E-state index in [0.29, 0.717) is 6.54 Å². The van der Waals surface area contributed by atoms with Crippen molar-refractivity contribution in [3.63, 3.8) is 0 Å². The van der Waals surface area contributed by atoms with Crippen molar-refractivity contribution in [2.75, 3.05) is 0 Å². The summed E-state index contributed by atoms with van der Waals surface area (Å²) < 4.78 is 0. The Morgan fingerprint density at radius 2 is 1.42 bits per heavy atom. The van der Waals surface area contributed by atoms with Gasteiger partial charge in [0.15, 0.2) is 0 Å². The average Bonchev–Trinajstić information content (AvgIpc) is 2.62. The van der Waals surface area contributed by atoms with Gasteiger partial charge in [-0.1, -0.05) is 81.4 Å². The Balaban J connectivity index is 1.99.